The number of hydrogen-bond donors (Lipinski definition) is 2. The van der Waals surface area contributed by atoms with Crippen molar-refractivity contribution in [3.05, 3.63) is 24.3 Å². The smallest absolute Gasteiger partial charge is 0.233 e. The van der Waals surface area contributed by atoms with Crippen LogP contribution in [0.1, 0.15) is 13.8 Å². The number of carbonyl (C=O) groups excluding carboxylic acids is 1. The van der Waals surface area contributed by atoms with Crippen molar-refractivity contribution in [1.82, 2.24) is 5.32 Å². The summed E-state index contributed by atoms with van der Waals surface area (Å²) in [5.74, 6) is 1.17. The Bertz CT molecular complexity index is 395. The van der Waals surface area contributed by atoms with Crippen LogP contribution in [0.4, 0.5) is 0 Å². The van der Waals surface area contributed by atoms with Crippen molar-refractivity contribution >= 4 is 17.7 Å². The fourth-order valence-electron chi connectivity index (χ4n) is 1.41. The van der Waals surface area contributed by atoms with Gasteiger partial charge in [0, 0.05) is 11.4 Å². The lowest BCUT2D eigenvalue weighted by Crippen LogP contribution is -2.35. The predicted octanol–water partition coefficient (Wildman–Crippen LogP) is 1.89. The highest BCUT2D eigenvalue weighted by Gasteiger charge is 2.14. The monoisotopic (exact) mass is 282 g/mol. The molecule has 0 aliphatic heterocycles. The molecule has 1 amide bonds. The molecule has 0 aliphatic rings. The minimum atomic E-state index is -0.127. The second-order valence-corrected chi connectivity index (χ2v) is 5.94. The molecule has 19 heavy (non-hydrogen) atoms. The lowest BCUT2D eigenvalue weighted by molar-refractivity contribution is -0.120. The van der Waals surface area contributed by atoms with Crippen LogP contribution in [0.25, 0.3) is 0 Å². The van der Waals surface area contributed by atoms with Crippen molar-refractivity contribution in [3.8, 4) is 5.75 Å². The number of carbonyl (C=O) groups is 1. The first kappa shape index (κ1) is 15.9. The Morgan fingerprint density at radius 2 is 2.00 bits per heavy atom. The molecule has 0 radical (unpaired) electrons. The molecule has 1 aromatic rings. The quantitative estimate of drug-likeness (QED) is 0.750. The normalized spacial score (nSPS) is 13.7. The molecule has 1 aromatic carbocycles. The van der Waals surface area contributed by atoms with Crippen molar-refractivity contribution in [2.24, 2.45) is 11.7 Å². The highest BCUT2D eigenvalue weighted by atomic mass is 32.2. The van der Waals surface area contributed by atoms with E-state index in [1.54, 1.807) is 7.11 Å². The van der Waals surface area contributed by atoms with E-state index in [1.807, 2.05) is 38.1 Å². The molecule has 1 rings (SSSR count). The summed E-state index contributed by atoms with van der Waals surface area (Å²) < 4.78 is 5.10. The third-order valence-electron chi connectivity index (χ3n) is 2.77. The fraction of sp³-hybridized carbons (Fsp3) is 0.500. The summed E-state index contributed by atoms with van der Waals surface area (Å²) in [6.07, 6.45) is 0. The lowest BCUT2D eigenvalue weighted by Gasteiger charge is -2.14. The standard InChI is InChI=1S/C14H22N2O2S/c1-10(8-15)9-16-14(17)11(2)19-13-6-4-12(18-3)5-7-13/h4-7,10-11H,8-9,15H2,1-3H3,(H,16,17). The molecule has 3 N–H and O–H groups in total. The highest BCUT2D eigenvalue weighted by Crippen LogP contribution is 2.25. The van der Waals surface area contributed by atoms with Gasteiger partial charge < -0.3 is 15.8 Å². The average Bonchev–Trinajstić information content (AvgIpc) is 2.44. The summed E-state index contributed by atoms with van der Waals surface area (Å²) >= 11 is 1.53. The molecule has 2 unspecified atom stereocenters. The Labute approximate surface area is 119 Å². The molecule has 0 spiro atoms. The van der Waals surface area contributed by atoms with E-state index in [-0.39, 0.29) is 11.2 Å². The van der Waals surface area contributed by atoms with E-state index in [1.165, 1.54) is 11.8 Å². The summed E-state index contributed by atoms with van der Waals surface area (Å²) in [7, 11) is 1.64. The molecule has 106 valence electrons. The van der Waals surface area contributed by atoms with Gasteiger partial charge in [0.1, 0.15) is 5.75 Å². The molecule has 0 saturated carbocycles. The molecule has 0 saturated heterocycles. The summed E-state index contributed by atoms with van der Waals surface area (Å²) in [6.45, 7) is 5.13. The average molecular weight is 282 g/mol. The molecular weight excluding hydrogens is 260 g/mol. The van der Waals surface area contributed by atoms with Crippen LogP contribution in [0.3, 0.4) is 0 Å². The molecule has 0 heterocycles. The van der Waals surface area contributed by atoms with Crippen molar-refractivity contribution < 1.29 is 9.53 Å². The van der Waals surface area contributed by atoms with Gasteiger partial charge in [0.05, 0.1) is 12.4 Å². The molecule has 0 aliphatic carbocycles. The van der Waals surface area contributed by atoms with Gasteiger partial charge in [0.2, 0.25) is 5.91 Å². The van der Waals surface area contributed by atoms with Crippen LogP contribution >= 0.6 is 11.8 Å². The second-order valence-electron chi connectivity index (χ2n) is 4.52. The van der Waals surface area contributed by atoms with Gasteiger partial charge in [-0.2, -0.15) is 0 Å². The van der Waals surface area contributed by atoms with Crippen molar-refractivity contribution in [1.29, 1.82) is 0 Å². The van der Waals surface area contributed by atoms with E-state index < -0.39 is 0 Å². The number of thioether (sulfide) groups is 1. The van der Waals surface area contributed by atoms with Gasteiger partial charge in [0.15, 0.2) is 0 Å². The number of hydrogen-bond acceptors (Lipinski definition) is 4. The van der Waals surface area contributed by atoms with Crippen molar-refractivity contribution in [2.45, 2.75) is 24.0 Å². The zero-order valence-electron chi connectivity index (χ0n) is 11.7. The third-order valence-corrected chi connectivity index (χ3v) is 3.88. The number of methoxy groups -OCH3 is 1. The number of rotatable bonds is 7. The fourth-order valence-corrected chi connectivity index (χ4v) is 2.31. The largest absolute Gasteiger partial charge is 0.497 e. The Morgan fingerprint density at radius 3 is 2.53 bits per heavy atom. The molecule has 5 heteroatoms. The second kappa shape index (κ2) is 8.07. The molecule has 0 bridgehead atoms. The molecular formula is C14H22N2O2S. The van der Waals surface area contributed by atoms with E-state index in [0.29, 0.717) is 19.0 Å². The van der Waals surface area contributed by atoms with Gasteiger partial charge in [0.25, 0.3) is 0 Å². The zero-order valence-corrected chi connectivity index (χ0v) is 12.5. The van der Waals surface area contributed by atoms with E-state index >= 15 is 0 Å². The maximum Gasteiger partial charge on any atom is 0.233 e. The highest BCUT2D eigenvalue weighted by molar-refractivity contribution is 8.00. The number of nitrogens with one attached hydrogen (secondary N) is 1. The summed E-state index contributed by atoms with van der Waals surface area (Å²) in [5, 5.41) is 2.78. The third kappa shape index (κ3) is 5.53. The van der Waals surface area contributed by atoms with Crippen molar-refractivity contribution in [3.63, 3.8) is 0 Å². The van der Waals surface area contributed by atoms with Crippen LogP contribution in [0.15, 0.2) is 29.2 Å². The van der Waals surface area contributed by atoms with Crippen LogP contribution in [0.5, 0.6) is 5.75 Å². The van der Waals surface area contributed by atoms with Crippen molar-refractivity contribution in [2.75, 3.05) is 20.2 Å². The summed E-state index contributed by atoms with van der Waals surface area (Å²) in [4.78, 5) is 12.9. The van der Waals surface area contributed by atoms with Gasteiger partial charge in [-0.05, 0) is 43.7 Å². The van der Waals surface area contributed by atoms with Gasteiger partial charge in [-0.1, -0.05) is 6.92 Å². The minimum Gasteiger partial charge on any atom is -0.497 e. The number of benzene rings is 1. The first-order valence-corrected chi connectivity index (χ1v) is 7.23. The molecule has 0 fully saturated rings. The lowest BCUT2D eigenvalue weighted by atomic mass is 10.2. The van der Waals surface area contributed by atoms with Crippen LogP contribution in [0, 0.1) is 5.92 Å². The SMILES string of the molecule is COc1ccc(SC(C)C(=O)NCC(C)CN)cc1. The Hall–Kier alpha value is -1.20. The van der Waals surface area contributed by atoms with Gasteiger partial charge in [-0.15, -0.1) is 11.8 Å². The Kier molecular flexibility index (Phi) is 6.73. The topological polar surface area (TPSA) is 64.3 Å². The predicted molar refractivity (Wildman–Crippen MR) is 79.5 cm³/mol. The first-order valence-electron chi connectivity index (χ1n) is 6.35. The van der Waals surface area contributed by atoms with Crippen LogP contribution in [0.2, 0.25) is 0 Å². The number of ether oxygens (including phenoxy) is 1. The minimum absolute atomic E-state index is 0.0427. The number of nitrogens with two attached hydrogens (primary N) is 1. The van der Waals surface area contributed by atoms with Gasteiger partial charge >= 0.3 is 0 Å². The molecule has 4 nitrogen and oxygen atoms in total. The van der Waals surface area contributed by atoms with Gasteiger partial charge in [-0.25, -0.2) is 0 Å². The summed E-state index contributed by atoms with van der Waals surface area (Å²) in [6, 6.07) is 7.69. The molecule has 0 aromatic heterocycles. The van der Waals surface area contributed by atoms with Crippen LogP contribution in [-0.2, 0) is 4.79 Å². The van der Waals surface area contributed by atoms with Crippen LogP contribution < -0.4 is 15.8 Å². The number of amides is 1. The van der Waals surface area contributed by atoms with E-state index in [9.17, 15) is 4.79 Å². The van der Waals surface area contributed by atoms with E-state index in [4.69, 9.17) is 10.5 Å². The maximum atomic E-state index is 11.9. The summed E-state index contributed by atoms with van der Waals surface area (Å²) in [5.41, 5.74) is 5.52. The first-order chi connectivity index (χ1) is 9.06. The zero-order chi connectivity index (χ0) is 14.3. The Balaban J connectivity index is 2.44. The van der Waals surface area contributed by atoms with E-state index in [0.717, 1.165) is 10.6 Å². The Morgan fingerprint density at radius 1 is 1.37 bits per heavy atom. The van der Waals surface area contributed by atoms with Crippen LogP contribution in [-0.4, -0.2) is 31.4 Å². The van der Waals surface area contributed by atoms with E-state index in [2.05, 4.69) is 5.32 Å². The molecule has 2 atom stereocenters. The van der Waals surface area contributed by atoms with Gasteiger partial charge in [-0.3, -0.25) is 4.79 Å². The maximum absolute atomic E-state index is 11.9.